The first kappa shape index (κ1) is 15.9. The van der Waals surface area contributed by atoms with Crippen LogP contribution in [0.4, 0.5) is 0 Å². The van der Waals surface area contributed by atoms with E-state index >= 15 is 0 Å². The Labute approximate surface area is 145 Å². The van der Waals surface area contributed by atoms with Crippen molar-refractivity contribution in [3.63, 3.8) is 0 Å². The molecular weight excluding hydrogens is 294 g/mol. The second-order valence-electron chi connectivity index (χ2n) is 7.16. The molecule has 2 aliphatic rings. The third kappa shape index (κ3) is 2.89. The Morgan fingerprint density at radius 1 is 0.833 bits per heavy atom. The smallest absolute Gasteiger partial charge is 0.122 e. The van der Waals surface area contributed by atoms with E-state index in [9.17, 15) is 0 Å². The molecule has 2 aromatic rings. The number of piperidine rings is 1. The minimum absolute atomic E-state index is 0.292. The summed E-state index contributed by atoms with van der Waals surface area (Å²) in [6, 6.07) is 21.7. The normalized spacial score (nSPS) is 24.1. The zero-order valence-electron chi connectivity index (χ0n) is 14.4. The molecule has 126 valence electrons. The van der Waals surface area contributed by atoms with Gasteiger partial charge < -0.3 is 9.64 Å². The number of hydrogen-bond acceptors (Lipinski definition) is 2. The van der Waals surface area contributed by atoms with E-state index < -0.39 is 0 Å². The summed E-state index contributed by atoms with van der Waals surface area (Å²) in [7, 11) is 0. The van der Waals surface area contributed by atoms with Gasteiger partial charge in [0.1, 0.15) is 5.60 Å². The maximum Gasteiger partial charge on any atom is 0.122 e. The molecule has 0 bridgehead atoms. The van der Waals surface area contributed by atoms with Gasteiger partial charge in [-0.15, -0.1) is 0 Å². The summed E-state index contributed by atoms with van der Waals surface area (Å²) in [5.74, 6) is 0.514. The molecule has 2 saturated heterocycles. The van der Waals surface area contributed by atoms with Gasteiger partial charge in [0.2, 0.25) is 0 Å². The molecule has 2 nitrogen and oxygen atoms in total. The molecule has 0 N–H and O–H groups in total. The molecule has 0 aliphatic carbocycles. The largest absolute Gasteiger partial charge is 0.365 e. The number of rotatable bonds is 4. The fourth-order valence-electron chi connectivity index (χ4n) is 4.53. The highest BCUT2D eigenvalue weighted by Gasteiger charge is 2.47. The van der Waals surface area contributed by atoms with E-state index in [0.717, 1.165) is 19.6 Å². The van der Waals surface area contributed by atoms with Crippen LogP contribution in [0, 0.1) is 5.92 Å². The van der Waals surface area contributed by atoms with Crippen molar-refractivity contribution in [2.75, 3.05) is 26.2 Å². The third-order valence-electron chi connectivity index (χ3n) is 5.70. The summed E-state index contributed by atoms with van der Waals surface area (Å²) in [6.45, 7) is 4.48. The first-order valence-electron chi connectivity index (χ1n) is 9.37. The molecule has 1 atom stereocenters. The summed E-state index contributed by atoms with van der Waals surface area (Å²) in [4.78, 5) is 2.66. The Morgan fingerprint density at radius 2 is 1.42 bits per heavy atom. The van der Waals surface area contributed by atoms with Crippen molar-refractivity contribution in [1.29, 1.82) is 0 Å². The molecule has 1 unspecified atom stereocenters. The third-order valence-corrected chi connectivity index (χ3v) is 5.70. The van der Waals surface area contributed by atoms with E-state index in [0.29, 0.717) is 5.92 Å². The number of likely N-dealkylation sites (tertiary alicyclic amines) is 1. The van der Waals surface area contributed by atoms with Gasteiger partial charge in [-0.3, -0.25) is 0 Å². The van der Waals surface area contributed by atoms with Gasteiger partial charge in [0.05, 0.1) is 0 Å². The lowest BCUT2D eigenvalue weighted by molar-refractivity contribution is -0.000446. The highest BCUT2D eigenvalue weighted by molar-refractivity contribution is 5.38. The summed E-state index contributed by atoms with van der Waals surface area (Å²) in [5.41, 5.74) is 2.31. The number of benzene rings is 2. The van der Waals surface area contributed by atoms with E-state index in [1.54, 1.807) is 0 Å². The summed E-state index contributed by atoms with van der Waals surface area (Å²) >= 11 is 0. The van der Waals surface area contributed by atoms with Crippen molar-refractivity contribution in [3.05, 3.63) is 71.8 Å². The van der Waals surface area contributed by atoms with Crippen molar-refractivity contribution < 1.29 is 4.74 Å². The summed E-state index contributed by atoms with van der Waals surface area (Å²) < 4.78 is 6.54. The number of hydrogen-bond donors (Lipinski definition) is 0. The lowest BCUT2D eigenvalue weighted by Gasteiger charge is -2.39. The highest BCUT2D eigenvalue weighted by Crippen LogP contribution is 2.46. The Bertz CT molecular complexity index is 594. The minimum Gasteiger partial charge on any atom is -0.365 e. The first-order valence-corrected chi connectivity index (χ1v) is 9.37. The highest BCUT2D eigenvalue weighted by atomic mass is 16.5. The quantitative estimate of drug-likeness (QED) is 0.825. The van der Waals surface area contributed by atoms with Gasteiger partial charge in [-0.1, -0.05) is 67.1 Å². The zero-order valence-corrected chi connectivity index (χ0v) is 14.4. The van der Waals surface area contributed by atoms with Gasteiger partial charge in [0.25, 0.3) is 0 Å². The molecule has 2 fully saturated rings. The Balaban J connectivity index is 1.71. The van der Waals surface area contributed by atoms with Crippen LogP contribution in [0.15, 0.2) is 60.7 Å². The predicted molar refractivity (Wildman–Crippen MR) is 98.0 cm³/mol. The molecule has 2 aliphatic heterocycles. The van der Waals surface area contributed by atoms with Gasteiger partial charge in [-0.2, -0.15) is 0 Å². The van der Waals surface area contributed by atoms with Crippen molar-refractivity contribution in [2.45, 2.75) is 31.3 Å². The SMILES string of the molecule is c1ccc(C2(c3ccccc3)OCCC2CN2CCCCC2)cc1. The van der Waals surface area contributed by atoms with Crippen molar-refractivity contribution in [1.82, 2.24) is 4.90 Å². The molecular formula is C22H27NO. The van der Waals surface area contributed by atoms with Crippen molar-refractivity contribution in [2.24, 2.45) is 5.92 Å². The van der Waals surface area contributed by atoms with Crippen LogP contribution in [0.5, 0.6) is 0 Å². The zero-order chi connectivity index (χ0) is 16.2. The summed E-state index contributed by atoms with van der Waals surface area (Å²) in [6.07, 6.45) is 5.22. The molecule has 24 heavy (non-hydrogen) atoms. The van der Waals surface area contributed by atoms with E-state index in [2.05, 4.69) is 65.6 Å². The van der Waals surface area contributed by atoms with E-state index in [1.165, 1.54) is 43.5 Å². The fraction of sp³-hybridized carbons (Fsp3) is 0.455. The first-order chi connectivity index (χ1) is 11.9. The monoisotopic (exact) mass is 321 g/mol. The minimum atomic E-state index is -0.292. The number of nitrogens with zero attached hydrogens (tertiary/aromatic N) is 1. The Hall–Kier alpha value is -1.64. The molecule has 0 amide bonds. The van der Waals surface area contributed by atoms with Crippen LogP contribution in [0.25, 0.3) is 0 Å². The molecule has 0 spiro atoms. The second kappa shape index (κ2) is 7.08. The van der Waals surface area contributed by atoms with Gasteiger partial charge in [-0.05, 0) is 43.5 Å². The molecule has 2 heteroatoms. The molecule has 0 radical (unpaired) electrons. The van der Waals surface area contributed by atoms with E-state index in [-0.39, 0.29) is 5.60 Å². The van der Waals surface area contributed by atoms with E-state index in [4.69, 9.17) is 4.74 Å². The summed E-state index contributed by atoms with van der Waals surface area (Å²) in [5, 5.41) is 0. The average Bonchev–Trinajstić information content (AvgIpc) is 3.08. The van der Waals surface area contributed by atoms with Crippen LogP contribution in [0.1, 0.15) is 36.8 Å². The van der Waals surface area contributed by atoms with E-state index in [1.807, 2.05) is 0 Å². The molecule has 2 heterocycles. The molecule has 4 rings (SSSR count). The van der Waals surface area contributed by atoms with Crippen LogP contribution < -0.4 is 0 Å². The molecule has 0 aromatic heterocycles. The van der Waals surface area contributed by atoms with Gasteiger partial charge in [0.15, 0.2) is 0 Å². The van der Waals surface area contributed by atoms with Crippen molar-refractivity contribution in [3.8, 4) is 0 Å². The number of ether oxygens (including phenoxy) is 1. The lowest BCUT2D eigenvalue weighted by Crippen LogP contribution is -2.42. The second-order valence-corrected chi connectivity index (χ2v) is 7.16. The van der Waals surface area contributed by atoms with Crippen LogP contribution in [0.3, 0.4) is 0 Å². The van der Waals surface area contributed by atoms with Crippen LogP contribution in [-0.2, 0) is 10.3 Å². The van der Waals surface area contributed by atoms with Crippen molar-refractivity contribution >= 4 is 0 Å². The topological polar surface area (TPSA) is 12.5 Å². The molecule has 2 aromatic carbocycles. The van der Waals surface area contributed by atoms with Crippen LogP contribution in [-0.4, -0.2) is 31.1 Å². The standard InChI is InChI=1S/C22H27NO/c1-4-10-19(11-5-1)22(20-12-6-2-7-13-20)21(14-17-24-22)18-23-15-8-3-9-16-23/h1-2,4-7,10-13,21H,3,8-9,14-18H2. The van der Waals surface area contributed by atoms with Crippen LogP contribution >= 0.6 is 0 Å². The Morgan fingerprint density at radius 3 is 2.00 bits per heavy atom. The maximum absolute atomic E-state index is 6.54. The fourth-order valence-corrected chi connectivity index (χ4v) is 4.53. The lowest BCUT2D eigenvalue weighted by atomic mass is 9.76. The van der Waals surface area contributed by atoms with Crippen LogP contribution in [0.2, 0.25) is 0 Å². The average molecular weight is 321 g/mol. The maximum atomic E-state index is 6.54. The van der Waals surface area contributed by atoms with Gasteiger partial charge in [0, 0.05) is 19.1 Å². The predicted octanol–water partition coefficient (Wildman–Crippen LogP) is 4.45. The van der Waals surface area contributed by atoms with Gasteiger partial charge in [-0.25, -0.2) is 0 Å². The molecule has 0 saturated carbocycles. The van der Waals surface area contributed by atoms with Gasteiger partial charge >= 0.3 is 0 Å². The Kier molecular flexibility index (Phi) is 4.68.